The summed E-state index contributed by atoms with van der Waals surface area (Å²) in [6.07, 6.45) is 2.51. The number of aromatic nitrogens is 2. The van der Waals surface area contributed by atoms with Crippen molar-refractivity contribution in [3.63, 3.8) is 0 Å². The van der Waals surface area contributed by atoms with E-state index in [-0.39, 0.29) is 12.0 Å². The van der Waals surface area contributed by atoms with Gasteiger partial charge >= 0.3 is 0 Å². The zero-order valence-corrected chi connectivity index (χ0v) is 10.8. The Kier molecular flexibility index (Phi) is 4.05. The molecule has 0 fully saturated rings. The van der Waals surface area contributed by atoms with Crippen molar-refractivity contribution in [2.75, 3.05) is 6.61 Å². The maximum absolute atomic E-state index is 12.2. The van der Waals surface area contributed by atoms with Crippen LogP contribution in [0.2, 0.25) is 0 Å². The van der Waals surface area contributed by atoms with E-state index in [1.807, 2.05) is 19.1 Å². The Morgan fingerprint density at radius 3 is 2.70 bits per heavy atom. The summed E-state index contributed by atoms with van der Waals surface area (Å²) in [6, 6.07) is 7.22. The van der Waals surface area contributed by atoms with E-state index in [0.717, 1.165) is 5.56 Å². The molecule has 0 saturated heterocycles. The Morgan fingerprint density at radius 2 is 2.05 bits per heavy atom. The molecule has 0 N–H and O–H groups in total. The number of hydrogen-bond acceptors (Lipinski definition) is 5. The molecule has 0 atom stereocenters. The van der Waals surface area contributed by atoms with E-state index in [1.54, 1.807) is 12.1 Å². The predicted octanol–water partition coefficient (Wildman–Crippen LogP) is 0.897. The molecule has 6 nitrogen and oxygen atoms in total. The van der Waals surface area contributed by atoms with Crippen LogP contribution in [-0.2, 0) is 9.53 Å². The molecular formula is C14H12N2O4. The molecule has 1 aromatic carbocycles. The van der Waals surface area contributed by atoms with Crippen LogP contribution >= 0.6 is 0 Å². The average Bonchev–Trinajstić information content (AvgIpc) is 2.46. The Balaban J connectivity index is 2.42. The highest BCUT2D eigenvalue weighted by atomic mass is 16.5. The predicted molar refractivity (Wildman–Crippen MR) is 70.9 cm³/mol. The summed E-state index contributed by atoms with van der Waals surface area (Å²) in [6.45, 7) is 1.62. The van der Waals surface area contributed by atoms with E-state index in [9.17, 15) is 14.4 Å². The van der Waals surface area contributed by atoms with Crippen LogP contribution in [0, 0.1) is 6.92 Å². The number of carbonyl (C=O) groups is 2. The number of hydrogen-bond donors (Lipinski definition) is 0. The van der Waals surface area contributed by atoms with Gasteiger partial charge in [-0.2, -0.15) is 0 Å². The molecular weight excluding hydrogens is 260 g/mol. The first kappa shape index (κ1) is 13.7. The van der Waals surface area contributed by atoms with Gasteiger partial charge in [-0.25, -0.2) is 4.98 Å². The summed E-state index contributed by atoms with van der Waals surface area (Å²) in [7, 11) is 0. The van der Waals surface area contributed by atoms with Crippen molar-refractivity contribution in [1.82, 2.24) is 9.55 Å². The van der Waals surface area contributed by atoms with Crippen molar-refractivity contribution < 1.29 is 14.3 Å². The number of nitrogens with zero attached hydrogens (tertiary/aromatic N) is 2. The summed E-state index contributed by atoms with van der Waals surface area (Å²) in [5.41, 5.74) is 1.05. The van der Waals surface area contributed by atoms with Crippen molar-refractivity contribution in [2.24, 2.45) is 0 Å². The lowest BCUT2D eigenvalue weighted by molar-refractivity contribution is -0.127. The largest absolute Gasteiger partial charge is 0.459 e. The van der Waals surface area contributed by atoms with Crippen molar-refractivity contribution in [3.8, 4) is 5.69 Å². The lowest BCUT2D eigenvalue weighted by Crippen LogP contribution is -2.27. The van der Waals surface area contributed by atoms with Crippen LogP contribution in [-0.4, -0.2) is 28.4 Å². The highest BCUT2D eigenvalue weighted by Gasteiger charge is 2.14. The summed E-state index contributed by atoms with van der Waals surface area (Å²) in [5.74, 6) is -0.587. The fraction of sp³-hybridized carbons (Fsp3) is 0.143. The Labute approximate surface area is 114 Å². The minimum Gasteiger partial charge on any atom is -0.459 e. The number of ketones is 1. The van der Waals surface area contributed by atoms with Gasteiger partial charge in [-0.3, -0.25) is 19.0 Å². The molecule has 2 aromatic rings. The van der Waals surface area contributed by atoms with E-state index >= 15 is 0 Å². The van der Waals surface area contributed by atoms with E-state index in [2.05, 4.69) is 9.72 Å². The molecule has 2 rings (SSSR count). The van der Waals surface area contributed by atoms with E-state index in [1.165, 1.54) is 17.1 Å². The Morgan fingerprint density at radius 1 is 1.35 bits per heavy atom. The standard InChI is InChI=1S/C14H12N2O4/c1-10-2-4-11(5-3-10)16-8-15-6-12(14(16)19)13(18)7-20-9-17/h2-6,8-9H,7H2,1H3. The summed E-state index contributed by atoms with van der Waals surface area (Å²) < 4.78 is 5.63. The zero-order chi connectivity index (χ0) is 14.5. The lowest BCUT2D eigenvalue weighted by Gasteiger charge is -2.07. The van der Waals surface area contributed by atoms with E-state index < -0.39 is 17.9 Å². The van der Waals surface area contributed by atoms with Gasteiger partial charge in [0.25, 0.3) is 12.0 Å². The maximum Gasteiger partial charge on any atom is 0.293 e. The second-order valence-corrected chi connectivity index (χ2v) is 4.15. The molecule has 1 aromatic heterocycles. The van der Waals surface area contributed by atoms with Crippen molar-refractivity contribution in [2.45, 2.75) is 6.92 Å². The highest BCUT2D eigenvalue weighted by molar-refractivity contribution is 5.96. The average molecular weight is 272 g/mol. The summed E-state index contributed by atoms with van der Waals surface area (Å²) in [5, 5.41) is 0. The molecule has 1 heterocycles. The van der Waals surface area contributed by atoms with Crippen LogP contribution < -0.4 is 5.56 Å². The van der Waals surface area contributed by atoms with Crippen LogP contribution in [0.4, 0.5) is 0 Å². The zero-order valence-electron chi connectivity index (χ0n) is 10.8. The van der Waals surface area contributed by atoms with Gasteiger partial charge in [0.05, 0.1) is 5.69 Å². The van der Waals surface area contributed by atoms with Crippen molar-refractivity contribution in [1.29, 1.82) is 0 Å². The van der Waals surface area contributed by atoms with Crippen molar-refractivity contribution in [3.05, 3.63) is 58.3 Å². The molecule has 0 aliphatic carbocycles. The van der Waals surface area contributed by atoms with E-state index in [0.29, 0.717) is 5.69 Å². The van der Waals surface area contributed by atoms with Crippen LogP contribution in [0.5, 0.6) is 0 Å². The first-order chi connectivity index (χ1) is 9.63. The number of carbonyl (C=O) groups excluding carboxylic acids is 2. The molecule has 20 heavy (non-hydrogen) atoms. The van der Waals surface area contributed by atoms with Crippen LogP contribution in [0.15, 0.2) is 41.6 Å². The first-order valence-electron chi connectivity index (χ1n) is 5.85. The number of aryl methyl sites for hydroxylation is 1. The van der Waals surface area contributed by atoms with Gasteiger partial charge in [-0.1, -0.05) is 17.7 Å². The number of rotatable bonds is 5. The molecule has 0 spiro atoms. The van der Waals surface area contributed by atoms with Crippen LogP contribution in [0.3, 0.4) is 0 Å². The number of benzene rings is 1. The summed E-state index contributed by atoms with van der Waals surface area (Å²) in [4.78, 5) is 37.9. The molecule has 0 bridgehead atoms. The lowest BCUT2D eigenvalue weighted by atomic mass is 10.2. The maximum atomic E-state index is 12.2. The Hall–Kier alpha value is -2.76. The molecule has 102 valence electrons. The molecule has 0 saturated carbocycles. The van der Waals surface area contributed by atoms with Gasteiger partial charge in [-0.05, 0) is 19.1 Å². The molecule has 0 aliphatic heterocycles. The number of Topliss-reactive ketones (excluding diaryl/α,β-unsaturated/α-hetero) is 1. The minimum atomic E-state index is -0.587. The fourth-order valence-corrected chi connectivity index (χ4v) is 1.68. The second-order valence-electron chi connectivity index (χ2n) is 4.15. The first-order valence-corrected chi connectivity index (χ1v) is 5.85. The quantitative estimate of drug-likeness (QED) is 0.597. The normalized spacial score (nSPS) is 10.1. The van der Waals surface area contributed by atoms with E-state index in [4.69, 9.17) is 0 Å². The SMILES string of the molecule is Cc1ccc(-n2cncc(C(=O)COC=O)c2=O)cc1. The summed E-state index contributed by atoms with van der Waals surface area (Å²) >= 11 is 0. The van der Waals surface area contributed by atoms with Gasteiger partial charge in [0.15, 0.2) is 6.61 Å². The van der Waals surface area contributed by atoms with Crippen LogP contribution in [0.25, 0.3) is 5.69 Å². The smallest absolute Gasteiger partial charge is 0.293 e. The topological polar surface area (TPSA) is 78.3 Å². The highest BCUT2D eigenvalue weighted by Crippen LogP contribution is 2.06. The third kappa shape index (κ3) is 2.80. The molecule has 6 heteroatoms. The monoisotopic (exact) mass is 272 g/mol. The Bertz CT molecular complexity index is 689. The number of ether oxygens (including phenoxy) is 1. The molecule has 0 aliphatic rings. The molecule has 0 unspecified atom stereocenters. The molecule has 0 amide bonds. The third-order valence-corrected chi connectivity index (χ3v) is 2.73. The third-order valence-electron chi connectivity index (χ3n) is 2.73. The van der Waals surface area contributed by atoms with Crippen LogP contribution in [0.1, 0.15) is 15.9 Å². The van der Waals surface area contributed by atoms with Gasteiger partial charge in [-0.15, -0.1) is 0 Å². The van der Waals surface area contributed by atoms with Gasteiger partial charge in [0.2, 0.25) is 5.78 Å². The second kappa shape index (κ2) is 5.92. The van der Waals surface area contributed by atoms with Gasteiger partial charge in [0.1, 0.15) is 11.9 Å². The van der Waals surface area contributed by atoms with Gasteiger partial charge < -0.3 is 4.74 Å². The fourth-order valence-electron chi connectivity index (χ4n) is 1.68. The van der Waals surface area contributed by atoms with Crippen molar-refractivity contribution >= 4 is 12.3 Å². The minimum absolute atomic E-state index is 0.116. The van der Waals surface area contributed by atoms with Gasteiger partial charge in [0, 0.05) is 6.20 Å². The molecule has 0 radical (unpaired) electrons.